The first-order valence-corrected chi connectivity index (χ1v) is 17.5. The lowest BCUT2D eigenvalue weighted by Gasteiger charge is -2.30. The highest BCUT2D eigenvalue weighted by Gasteiger charge is 2.24. The topological polar surface area (TPSA) is 55.7 Å². The maximum atomic E-state index is 10.1. The van der Waals surface area contributed by atoms with Gasteiger partial charge in [0.15, 0.2) is 0 Å². The van der Waals surface area contributed by atoms with Crippen LogP contribution in [0.1, 0.15) is 54.4 Å². The molecule has 0 saturated heterocycles. The lowest BCUT2D eigenvalue weighted by Crippen LogP contribution is -2.26. The lowest BCUT2D eigenvalue weighted by atomic mass is 9.84. The van der Waals surface area contributed by atoms with Gasteiger partial charge < -0.3 is 20.4 Å². The summed E-state index contributed by atoms with van der Waals surface area (Å²) in [4.78, 5) is 2.27. The molecule has 0 aromatic heterocycles. The minimum atomic E-state index is -0.0582. The Hall–Kier alpha value is -5.58. The summed E-state index contributed by atoms with van der Waals surface area (Å²) >= 11 is 0. The SMILES string of the molecule is C/C=C\C(=C/CO)N(c1ccc(-c2ccc(C3C=CC=CC3Nc3ccc(O)cc3C)cc2)cc1)c1cc2c(c3ccccc13)C(C)CC=C2. The fourth-order valence-electron chi connectivity index (χ4n) is 7.47. The molecular weight excluding hydrogens is 613 g/mol. The van der Waals surface area contributed by atoms with Crippen LogP contribution in [0, 0.1) is 6.92 Å². The summed E-state index contributed by atoms with van der Waals surface area (Å²) in [6, 6.07) is 34.2. The quantitative estimate of drug-likeness (QED) is 0.109. The van der Waals surface area contributed by atoms with Gasteiger partial charge in [0, 0.05) is 28.4 Å². The number of hydrogen-bond donors (Lipinski definition) is 3. The molecule has 0 bridgehead atoms. The van der Waals surface area contributed by atoms with Gasteiger partial charge in [0.2, 0.25) is 0 Å². The number of aromatic hydroxyl groups is 1. The van der Waals surface area contributed by atoms with Gasteiger partial charge in [0.25, 0.3) is 0 Å². The number of anilines is 3. The maximum Gasteiger partial charge on any atom is 0.115 e. The monoisotopic (exact) mass is 656 g/mol. The second-order valence-electron chi connectivity index (χ2n) is 13.3. The van der Waals surface area contributed by atoms with E-state index in [0.717, 1.165) is 45.9 Å². The van der Waals surface area contributed by atoms with Crippen LogP contribution in [0.5, 0.6) is 5.75 Å². The summed E-state index contributed by atoms with van der Waals surface area (Å²) in [6.07, 6.45) is 20.2. The number of rotatable bonds is 9. The van der Waals surface area contributed by atoms with Crippen LogP contribution < -0.4 is 10.2 Å². The Balaban J connectivity index is 1.21. The molecule has 0 saturated carbocycles. The van der Waals surface area contributed by atoms with Crippen molar-refractivity contribution in [1.29, 1.82) is 0 Å². The van der Waals surface area contributed by atoms with Gasteiger partial charge in [0.05, 0.1) is 18.3 Å². The van der Waals surface area contributed by atoms with Crippen molar-refractivity contribution in [2.24, 2.45) is 0 Å². The van der Waals surface area contributed by atoms with Crippen LogP contribution in [0.15, 0.2) is 151 Å². The number of aliphatic hydroxyl groups is 1. The van der Waals surface area contributed by atoms with E-state index in [-0.39, 0.29) is 24.3 Å². The Morgan fingerprint density at radius 1 is 0.880 bits per heavy atom. The molecule has 0 heterocycles. The summed E-state index contributed by atoms with van der Waals surface area (Å²) in [5.74, 6) is 0.900. The van der Waals surface area contributed by atoms with Gasteiger partial charge in [-0.1, -0.05) is 110 Å². The molecule has 5 aromatic carbocycles. The Morgan fingerprint density at radius 3 is 2.32 bits per heavy atom. The van der Waals surface area contributed by atoms with E-state index in [9.17, 15) is 10.2 Å². The highest BCUT2D eigenvalue weighted by molar-refractivity contribution is 6.02. The van der Waals surface area contributed by atoms with E-state index < -0.39 is 0 Å². The number of aryl methyl sites for hydroxylation is 1. The summed E-state index contributed by atoms with van der Waals surface area (Å²) in [5.41, 5.74) is 11.3. The van der Waals surface area contributed by atoms with E-state index >= 15 is 0 Å². The van der Waals surface area contributed by atoms with Crippen LogP contribution in [-0.2, 0) is 0 Å². The molecular formula is C46H44N2O2. The number of fused-ring (bicyclic) bond motifs is 3. The molecule has 4 nitrogen and oxygen atoms in total. The minimum Gasteiger partial charge on any atom is -0.508 e. The molecule has 0 fully saturated rings. The fraction of sp³-hybridized carbons (Fsp3) is 0.174. The average Bonchev–Trinajstić information content (AvgIpc) is 3.14. The molecule has 2 aliphatic carbocycles. The molecule has 0 radical (unpaired) electrons. The summed E-state index contributed by atoms with van der Waals surface area (Å²) in [7, 11) is 0. The Morgan fingerprint density at radius 2 is 1.60 bits per heavy atom. The van der Waals surface area contributed by atoms with Gasteiger partial charge in [-0.3, -0.25) is 0 Å². The van der Waals surface area contributed by atoms with E-state index in [1.165, 1.54) is 27.5 Å². The number of nitrogens with zero attached hydrogens (tertiary/aromatic N) is 1. The first kappa shape index (κ1) is 32.9. The van der Waals surface area contributed by atoms with Gasteiger partial charge in [-0.05, 0) is 114 Å². The van der Waals surface area contributed by atoms with Crippen LogP contribution in [-0.4, -0.2) is 22.9 Å². The molecule has 2 aliphatic rings. The number of allylic oxidation sites excluding steroid dienone is 5. The first-order valence-electron chi connectivity index (χ1n) is 17.5. The Bertz CT molecular complexity index is 2150. The number of benzene rings is 5. The molecule has 250 valence electrons. The van der Waals surface area contributed by atoms with Crippen molar-refractivity contribution in [3.05, 3.63) is 174 Å². The molecule has 0 aliphatic heterocycles. The van der Waals surface area contributed by atoms with Crippen molar-refractivity contribution >= 4 is 33.9 Å². The third-order valence-corrected chi connectivity index (χ3v) is 9.93. The molecule has 7 rings (SSSR count). The summed E-state index contributed by atoms with van der Waals surface area (Å²) in [6.45, 7) is 6.27. The molecule has 4 heteroatoms. The van der Waals surface area contributed by atoms with Crippen LogP contribution >= 0.6 is 0 Å². The first-order chi connectivity index (χ1) is 24.4. The van der Waals surface area contributed by atoms with Gasteiger partial charge in [0.1, 0.15) is 5.75 Å². The van der Waals surface area contributed by atoms with Gasteiger partial charge in [-0.15, -0.1) is 0 Å². The maximum absolute atomic E-state index is 10.1. The molecule has 0 spiro atoms. The highest BCUT2D eigenvalue weighted by atomic mass is 16.3. The molecule has 3 atom stereocenters. The lowest BCUT2D eigenvalue weighted by molar-refractivity contribution is 0.342. The smallest absolute Gasteiger partial charge is 0.115 e. The van der Waals surface area contributed by atoms with Gasteiger partial charge in [-0.25, -0.2) is 0 Å². The summed E-state index contributed by atoms with van der Waals surface area (Å²) in [5, 5.41) is 26.1. The third kappa shape index (κ3) is 6.55. The molecule has 5 aromatic rings. The van der Waals surface area contributed by atoms with Crippen molar-refractivity contribution < 1.29 is 10.2 Å². The minimum absolute atomic E-state index is 0.0582. The molecule has 3 unspecified atom stereocenters. The number of phenolic OH excluding ortho intramolecular Hbond substituents is 1. The van der Waals surface area contributed by atoms with Gasteiger partial charge >= 0.3 is 0 Å². The Kier molecular flexibility index (Phi) is 9.55. The fourth-order valence-corrected chi connectivity index (χ4v) is 7.47. The van der Waals surface area contributed by atoms with Crippen molar-refractivity contribution in [3.8, 4) is 16.9 Å². The Labute approximate surface area is 295 Å². The summed E-state index contributed by atoms with van der Waals surface area (Å²) < 4.78 is 0. The predicted molar refractivity (Wildman–Crippen MR) is 211 cm³/mol. The largest absolute Gasteiger partial charge is 0.508 e. The van der Waals surface area contributed by atoms with E-state index in [1.54, 1.807) is 12.1 Å². The van der Waals surface area contributed by atoms with Crippen molar-refractivity contribution in [3.63, 3.8) is 0 Å². The number of hydrogen-bond acceptors (Lipinski definition) is 4. The standard InChI is InChI=1S/C46H44N2O2/c1-4-10-37(27-28-49)48(45-30-36-12-9-11-31(2)46(36)42-15-6-5-14-41(42)45)38-23-21-34(22-24-38)33-17-19-35(20-18-33)40-13-7-8-16-44(40)47-43-26-25-39(50)29-32(43)3/h4-10,12-27,29-31,40,44,47,49-50H,11,28H2,1-3H3/b10-4-,37-27+. The molecule has 3 N–H and O–H groups in total. The average molecular weight is 657 g/mol. The van der Waals surface area contributed by atoms with Crippen LogP contribution in [0.2, 0.25) is 0 Å². The van der Waals surface area contributed by atoms with Crippen molar-refractivity contribution in [2.75, 3.05) is 16.8 Å². The van der Waals surface area contributed by atoms with E-state index in [4.69, 9.17) is 0 Å². The van der Waals surface area contributed by atoms with Crippen LogP contribution in [0.25, 0.3) is 28.0 Å². The van der Waals surface area contributed by atoms with Gasteiger partial charge in [-0.2, -0.15) is 0 Å². The number of aliphatic hydroxyl groups excluding tert-OH is 1. The molecule has 0 amide bonds. The molecule has 50 heavy (non-hydrogen) atoms. The van der Waals surface area contributed by atoms with Crippen molar-refractivity contribution in [1.82, 2.24) is 0 Å². The van der Waals surface area contributed by atoms with Crippen LogP contribution in [0.3, 0.4) is 0 Å². The zero-order valence-electron chi connectivity index (χ0n) is 28.9. The zero-order chi connectivity index (χ0) is 34.6. The normalized spacial score (nSPS) is 18.5. The second-order valence-corrected chi connectivity index (χ2v) is 13.3. The van der Waals surface area contributed by atoms with Crippen LogP contribution in [0.4, 0.5) is 17.1 Å². The number of nitrogens with one attached hydrogen (secondary N) is 1. The second kappa shape index (κ2) is 14.5. The zero-order valence-corrected chi connectivity index (χ0v) is 28.9. The van der Waals surface area contributed by atoms with E-state index in [1.807, 2.05) is 32.1 Å². The predicted octanol–water partition coefficient (Wildman–Crippen LogP) is 11.3. The van der Waals surface area contributed by atoms with E-state index in [2.05, 4.69) is 139 Å². The van der Waals surface area contributed by atoms with E-state index in [0.29, 0.717) is 5.92 Å². The number of phenols is 1. The highest BCUT2D eigenvalue weighted by Crippen LogP contribution is 2.44. The van der Waals surface area contributed by atoms with Crippen molar-refractivity contribution in [2.45, 2.75) is 45.1 Å². The third-order valence-electron chi connectivity index (χ3n) is 9.93.